The molecule has 0 aromatic heterocycles. The van der Waals surface area contributed by atoms with E-state index in [1.54, 1.807) is 13.0 Å². The molecule has 1 atom stereocenters. The molecule has 1 aliphatic heterocycles. The van der Waals surface area contributed by atoms with Crippen LogP contribution in [0.3, 0.4) is 0 Å². The maximum absolute atomic E-state index is 11.8. The third-order valence-corrected chi connectivity index (χ3v) is 3.17. The number of hydrogen-bond donors (Lipinski definition) is 1. The molecular weight excluding hydrogens is 252 g/mol. The van der Waals surface area contributed by atoms with Gasteiger partial charge in [0.15, 0.2) is 0 Å². The lowest BCUT2D eigenvalue weighted by Gasteiger charge is -2.18. The Morgan fingerprint density at radius 3 is 2.74 bits per heavy atom. The van der Waals surface area contributed by atoms with Crippen molar-refractivity contribution in [2.45, 2.75) is 13.3 Å². The van der Waals surface area contributed by atoms with Crippen molar-refractivity contribution in [3.05, 3.63) is 33.9 Å². The van der Waals surface area contributed by atoms with E-state index < -0.39 is 16.8 Å². The van der Waals surface area contributed by atoms with Crippen molar-refractivity contribution in [2.24, 2.45) is 5.92 Å². The second kappa shape index (κ2) is 4.68. The normalized spacial score (nSPS) is 18.7. The number of aryl methyl sites for hydroxylation is 1. The molecule has 1 fully saturated rings. The van der Waals surface area contributed by atoms with E-state index in [9.17, 15) is 19.7 Å². The fourth-order valence-electron chi connectivity index (χ4n) is 2.11. The Bertz CT molecular complexity index is 569. The van der Waals surface area contributed by atoms with Crippen LogP contribution in [0.25, 0.3) is 0 Å². The zero-order valence-electron chi connectivity index (χ0n) is 10.2. The molecule has 1 aromatic carbocycles. The molecule has 1 amide bonds. The number of carbonyl (C=O) groups is 2. The third kappa shape index (κ3) is 2.40. The van der Waals surface area contributed by atoms with Crippen LogP contribution in [0, 0.1) is 23.0 Å². The van der Waals surface area contributed by atoms with Crippen molar-refractivity contribution in [1.29, 1.82) is 0 Å². The molecule has 1 aromatic rings. The quantitative estimate of drug-likeness (QED) is 0.655. The molecular formula is C12H12N2O5. The summed E-state index contributed by atoms with van der Waals surface area (Å²) in [7, 11) is 0. The third-order valence-electron chi connectivity index (χ3n) is 3.17. The summed E-state index contributed by atoms with van der Waals surface area (Å²) in [5, 5.41) is 19.7. The molecule has 0 spiro atoms. The number of anilines is 1. The fourth-order valence-corrected chi connectivity index (χ4v) is 2.11. The van der Waals surface area contributed by atoms with Crippen molar-refractivity contribution in [2.75, 3.05) is 11.4 Å². The number of non-ortho nitro benzene ring substituents is 1. The second-order valence-corrected chi connectivity index (χ2v) is 4.47. The van der Waals surface area contributed by atoms with E-state index in [1.165, 1.54) is 17.0 Å². The maximum atomic E-state index is 11.8. The van der Waals surface area contributed by atoms with Gasteiger partial charge in [0, 0.05) is 25.1 Å². The molecule has 0 bridgehead atoms. The Morgan fingerprint density at radius 1 is 1.53 bits per heavy atom. The topological polar surface area (TPSA) is 101 Å². The molecule has 0 saturated carbocycles. The van der Waals surface area contributed by atoms with Crippen molar-refractivity contribution >= 4 is 23.3 Å². The molecule has 7 heteroatoms. The van der Waals surface area contributed by atoms with Crippen LogP contribution in [0.2, 0.25) is 0 Å². The minimum absolute atomic E-state index is 0.0518. The van der Waals surface area contributed by atoms with Gasteiger partial charge in [-0.2, -0.15) is 0 Å². The highest BCUT2D eigenvalue weighted by molar-refractivity contribution is 6.00. The van der Waals surface area contributed by atoms with E-state index in [2.05, 4.69) is 0 Å². The highest BCUT2D eigenvalue weighted by atomic mass is 16.6. The van der Waals surface area contributed by atoms with Gasteiger partial charge in [-0.15, -0.1) is 0 Å². The molecule has 2 rings (SSSR count). The van der Waals surface area contributed by atoms with Gasteiger partial charge < -0.3 is 10.0 Å². The lowest BCUT2D eigenvalue weighted by molar-refractivity contribution is -0.384. The SMILES string of the molecule is Cc1ccc([N+](=O)[O-])cc1N1CC(C(=O)O)CC1=O. The summed E-state index contributed by atoms with van der Waals surface area (Å²) in [4.78, 5) is 34.2. The first-order valence-electron chi connectivity index (χ1n) is 5.68. The van der Waals surface area contributed by atoms with Crippen LogP contribution in [-0.2, 0) is 9.59 Å². The Hall–Kier alpha value is -2.44. The Labute approximate surface area is 108 Å². The van der Waals surface area contributed by atoms with E-state index in [-0.39, 0.29) is 24.6 Å². The van der Waals surface area contributed by atoms with Crippen LogP contribution in [0.1, 0.15) is 12.0 Å². The lowest BCUT2D eigenvalue weighted by atomic mass is 10.1. The number of carboxylic acids is 1. The summed E-state index contributed by atoms with van der Waals surface area (Å²) in [5.74, 6) is -2.11. The Morgan fingerprint density at radius 2 is 2.21 bits per heavy atom. The Balaban J connectivity index is 2.36. The minimum Gasteiger partial charge on any atom is -0.481 e. The van der Waals surface area contributed by atoms with E-state index in [0.717, 1.165) is 0 Å². The number of benzene rings is 1. The number of nitro groups is 1. The predicted octanol–water partition coefficient (Wildman–Crippen LogP) is 1.34. The van der Waals surface area contributed by atoms with Gasteiger partial charge in [-0.05, 0) is 12.5 Å². The lowest BCUT2D eigenvalue weighted by Crippen LogP contribution is -2.26. The maximum Gasteiger partial charge on any atom is 0.308 e. The number of hydrogen-bond acceptors (Lipinski definition) is 4. The van der Waals surface area contributed by atoms with Crippen molar-refractivity contribution < 1.29 is 19.6 Å². The number of amides is 1. The highest BCUT2D eigenvalue weighted by Gasteiger charge is 2.36. The van der Waals surface area contributed by atoms with Crippen LogP contribution >= 0.6 is 0 Å². The van der Waals surface area contributed by atoms with Crippen LogP contribution in [0.5, 0.6) is 0 Å². The molecule has 1 N–H and O–H groups in total. The van der Waals surface area contributed by atoms with Gasteiger partial charge in [0.25, 0.3) is 5.69 Å². The van der Waals surface area contributed by atoms with Gasteiger partial charge in [0.2, 0.25) is 5.91 Å². The first kappa shape index (κ1) is 13.0. The zero-order valence-corrected chi connectivity index (χ0v) is 10.2. The summed E-state index contributed by atoms with van der Waals surface area (Å²) < 4.78 is 0. The molecule has 7 nitrogen and oxygen atoms in total. The van der Waals surface area contributed by atoms with Gasteiger partial charge in [-0.1, -0.05) is 6.07 Å². The van der Waals surface area contributed by atoms with Crippen LogP contribution in [0.4, 0.5) is 11.4 Å². The summed E-state index contributed by atoms with van der Waals surface area (Å²) in [5.41, 5.74) is 0.986. The first-order chi connectivity index (χ1) is 8.90. The van der Waals surface area contributed by atoms with Gasteiger partial charge in [-0.3, -0.25) is 19.7 Å². The number of carbonyl (C=O) groups excluding carboxylic acids is 1. The summed E-state index contributed by atoms with van der Waals surface area (Å²) in [6, 6.07) is 4.21. The summed E-state index contributed by atoms with van der Waals surface area (Å²) >= 11 is 0. The zero-order chi connectivity index (χ0) is 14.2. The molecule has 100 valence electrons. The fraction of sp³-hybridized carbons (Fsp3) is 0.333. The van der Waals surface area contributed by atoms with Gasteiger partial charge in [0.05, 0.1) is 16.5 Å². The molecule has 1 heterocycles. The number of rotatable bonds is 3. The average molecular weight is 264 g/mol. The smallest absolute Gasteiger partial charge is 0.308 e. The van der Waals surface area contributed by atoms with E-state index >= 15 is 0 Å². The first-order valence-corrected chi connectivity index (χ1v) is 5.68. The Kier molecular flexibility index (Phi) is 3.20. The largest absolute Gasteiger partial charge is 0.481 e. The van der Waals surface area contributed by atoms with Crippen molar-refractivity contribution in [3.8, 4) is 0 Å². The van der Waals surface area contributed by atoms with E-state index in [1.807, 2.05) is 0 Å². The van der Waals surface area contributed by atoms with E-state index in [0.29, 0.717) is 11.3 Å². The second-order valence-electron chi connectivity index (χ2n) is 4.47. The van der Waals surface area contributed by atoms with Crippen LogP contribution < -0.4 is 4.90 Å². The minimum atomic E-state index is -1.03. The van der Waals surface area contributed by atoms with Crippen LogP contribution in [-0.4, -0.2) is 28.5 Å². The average Bonchev–Trinajstić information content (AvgIpc) is 2.72. The number of aliphatic carboxylic acids is 1. The molecule has 0 aliphatic carbocycles. The standard InChI is InChI=1S/C12H12N2O5/c1-7-2-3-9(14(18)19)5-10(7)13-6-8(12(16)17)4-11(13)15/h2-3,5,8H,4,6H2,1H3,(H,16,17). The predicted molar refractivity (Wildman–Crippen MR) is 65.9 cm³/mol. The number of nitrogens with zero attached hydrogens (tertiary/aromatic N) is 2. The number of carboxylic acid groups (broad SMARTS) is 1. The van der Waals surface area contributed by atoms with Crippen molar-refractivity contribution in [1.82, 2.24) is 0 Å². The summed E-state index contributed by atoms with van der Waals surface area (Å²) in [6.45, 7) is 1.77. The van der Waals surface area contributed by atoms with Gasteiger partial charge in [-0.25, -0.2) is 0 Å². The molecule has 1 aliphatic rings. The highest BCUT2D eigenvalue weighted by Crippen LogP contribution is 2.30. The molecule has 1 unspecified atom stereocenters. The molecule has 19 heavy (non-hydrogen) atoms. The number of nitro benzene ring substituents is 1. The molecule has 0 radical (unpaired) electrons. The van der Waals surface area contributed by atoms with Crippen molar-refractivity contribution in [3.63, 3.8) is 0 Å². The van der Waals surface area contributed by atoms with Gasteiger partial charge in [0.1, 0.15) is 0 Å². The van der Waals surface area contributed by atoms with Gasteiger partial charge >= 0.3 is 5.97 Å². The summed E-state index contributed by atoms with van der Waals surface area (Å²) in [6.07, 6.45) is -0.0720. The monoisotopic (exact) mass is 264 g/mol. The molecule has 1 saturated heterocycles. The van der Waals surface area contributed by atoms with Crippen LogP contribution in [0.15, 0.2) is 18.2 Å². The van der Waals surface area contributed by atoms with E-state index in [4.69, 9.17) is 5.11 Å².